The lowest BCUT2D eigenvalue weighted by atomic mass is 10.1. The van der Waals surface area contributed by atoms with Gasteiger partial charge in [-0.1, -0.05) is 0 Å². The first-order chi connectivity index (χ1) is 8.37. The van der Waals surface area contributed by atoms with E-state index in [-0.39, 0.29) is 17.8 Å². The summed E-state index contributed by atoms with van der Waals surface area (Å²) in [6, 6.07) is 3.13. The van der Waals surface area contributed by atoms with Crippen molar-refractivity contribution in [3.63, 3.8) is 0 Å². The number of rotatable bonds is 5. The number of benzene rings is 1. The van der Waals surface area contributed by atoms with Gasteiger partial charge in [0, 0.05) is 17.8 Å². The molecule has 0 saturated heterocycles. The Hall–Kier alpha value is -1.34. The van der Waals surface area contributed by atoms with Crippen molar-refractivity contribution in [3.8, 4) is 0 Å². The van der Waals surface area contributed by atoms with Crippen molar-refractivity contribution in [1.29, 1.82) is 0 Å². The minimum atomic E-state index is -4.45. The van der Waals surface area contributed by atoms with E-state index in [4.69, 9.17) is 10.2 Å². The van der Waals surface area contributed by atoms with Crippen LogP contribution in [0.5, 0.6) is 0 Å². The molecule has 18 heavy (non-hydrogen) atoms. The Morgan fingerprint density at radius 2 is 1.83 bits per heavy atom. The van der Waals surface area contributed by atoms with Gasteiger partial charge in [0.15, 0.2) is 0 Å². The Labute approximate surface area is 101 Å². The Kier molecular flexibility index (Phi) is 4.92. The normalized spacial score (nSPS) is 11.7. The monoisotopic (exact) mass is 267 g/mol. The number of aliphatic hydroxyl groups excluding tert-OH is 2. The van der Waals surface area contributed by atoms with E-state index in [9.17, 15) is 17.6 Å². The fraction of sp³-hybridized carbons (Fsp3) is 0.455. The quantitative estimate of drug-likeness (QED) is 0.798. The number of anilines is 1. The highest BCUT2D eigenvalue weighted by atomic mass is 19.4. The summed E-state index contributed by atoms with van der Waals surface area (Å²) in [5.74, 6) is -0.640. The van der Waals surface area contributed by atoms with Crippen LogP contribution in [0.2, 0.25) is 0 Å². The second kappa shape index (κ2) is 6.01. The Bertz CT molecular complexity index is 395. The third-order valence-corrected chi connectivity index (χ3v) is 2.29. The van der Waals surface area contributed by atoms with Gasteiger partial charge in [-0.2, -0.15) is 13.2 Å². The van der Waals surface area contributed by atoms with Crippen LogP contribution in [0.15, 0.2) is 18.2 Å². The molecular weight excluding hydrogens is 254 g/mol. The van der Waals surface area contributed by atoms with Crippen molar-refractivity contribution in [1.82, 2.24) is 0 Å². The van der Waals surface area contributed by atoms with Gasteiger partial charge >= 0.3 is 6.18 Å². The summed E-state index contributed by atoms with van der Waals surface area (Å²) < 4.78 is 50.0. The predicted octanol–water partition coefficient (Wildman–Crippen LogP) is 1.68. The lowest BCUT2D eigenvalue weighted by molar-refractivity contribution is -0.119. The second-order valence-corrected chi connectivity index (χ2v) is 3.69. The highest BCUT2D eigenvalue weighted by Crippen LogP contribution is 2.26. The van der Waals surface area contributed by atoms with E-state index in [0.29, 0.717) is 0 Å². The van der Waals surface area contributed by atoms with Gasteiger partial charge in [0.05, 0.1) is 13.2 Å². The van der Waals surface area contributed by atoms with Crippen molar-refractivity contribution in [2.24, 2.45) is 0 Å². The largest absolute Gasteiger partial charge is 0.405 e. The second-order valence-electron chi connectivity index (χ2n) is 3.69. The molecule has 0 atom stereocenters. The van der Waals surface area contributed by atoms with Gasteiger partial charge in [-0.15, -0.1) is 0 Å². The molecule has 0 radical (unpaired) electrons. The molecule has 0 aliphatic rings. The number of aliphatic hydroxyl groups is 2. The van der Waals surface area contributed by atoms with Gasteiger partial charge < -0.3 is 15.1 Å². The first-order valence-electron chi connectivity index (χ1n) is 5.19. The zero-order valence-electron chi connectivity index (χ0n) is 9.41. The maximum Gasteiger partial charge on any atom is 0.405 e. The van der Waals surface area contributed by atoms with E-state index >= 15 is 0 Å². The van der Waals surface area contributed by atoms with Crippen LogP contribution < -0.4 is 4.90 Å². The van der Waals surface area contributed by atoms with Crippen LogP contribution in [0.4, 0.5) is 23.2 Å². The van der Waals surface area contributed by atoms with Crippen molar-refractivity contribution < 1.29 is 27.8 Å². The third-order valence-electron chi connectivity index (χ3n) is 2.29. The number of hydrogen-bond donors (Lipinski definition) is 2. The van der Waals surface area contributed by atoms with Crippen LogP contribution in [0.25, 0.3) is 0 Å². The standard InChI is InChI=1S/C11H13F4NO2/c12-9-1-2-10(8(5-9)6-18)16(3-4-17)7-11(13,14)15/h1-2,5,17-18H,3-4,6-7H2. The number of nitrogens with zero attached hydrogens (tertiary/aromatic N) is 1. The number of hydrogen-bond acceptors (Lipinski definition) is 3. The summed E-state index contributed by atoms with van der Waals surface area (Å²) >= 11 is 0. The summed E-state index contributed by atoms with van der Waals surface area (Å²) in [6.45, 7) is -2.57. The molecule has 102 valence electrons. The topological polar surface area (TPSA) is 43.7 Å². The molecule has 1 rings (SSSR count). The first-order valence-corrected chi connectivity index (χ1v) is 5.19. The van der Waals surface area contributed by atoms with E-state index in [0.717, 1.165) is 23.1 Å². The third kappa shape index (κ3) is 4.15. The maximum absolute atomic E-state index is 12.9. The molecule has 0 saturated carbocycles. The predicted molar refractivity (Wildman–Crippen MR) is 57.7 cm³/mol. The molecule has 0 spiro atoms. The first kappa shape index (κ1) is 14.7. The highest BCUT2D eigenvalue weighted by Gasteiger charge is 2.31. The van der Waals surface area contributed by atoms with Crippen LogP contribution in [-0.4, -0.2) is 36.1 Å². The lowest BCUT2D eigenvalue weighted by Gasteiger charge is -2.27. The molecule has 0 aliphatic carbocycles. The fourth-order valence-corrected chi connectivity index (χ4v) is 1.61. The maximum atomic E-state index is 12.9. The van der Waals surface area contributed by atoms with Gasteiger partial charge in [-0.3, -0.25) is 0 Å². The van der Waals surface area contributed by atoms with Crippen LogP contribution >= 0.6 is 0 Å². The highest BCUT2D eigenvalue weighted by molar-refractivity contribution is 5.53. The minimum absolute atomic E-state index is 0.0488. The summed E-state index contributed by atoms with van der Waals surface area (Å²) in [5.41, 5.74) is 0.109. The molecule has 0 unspecified atom stereocenters. The average Bonchev–Trinajstić information content (AvgIpc) is 2.26. The van der Waals surface area contributed by atoms with Crippen molar-refractivity contribution in [3.05, 3.63) is 29.6 Å². The Balaban J connectivity index is 3.04. The summed E-state index contributed by atoms with van der Waals surface area (Å²) in [7, 11) is 0. The van der Waals surface area contributed by atoms with E-state index in [1.54, 1.807) is 0 Å². The van der Waals surface area contributed by atoms with Crippen molar-refractivity contribution >= 4 is 5.69 Å². The van der Waals surface area contributed by atoms with Gasteiger partial charge in [0.1, 0.15) is 12.4 Å². The number of alkyl halides is 3. The molecule has 0 heterocycles. The van der Waals surface area contributed by atoms with E-state index in [1.165, 1.54) is 0 Å². The van der Waals surface area contributed by atoms with Crippen molar-refractivity contribution in [2.75, 3.05) is 24.6 Å². The SMILES string of the molecule is OCCN(CC(F)(F)F)c1ccc(F)cc1CO. The summed E-state index contributed by atoms with van der Waals surface area (Å²) in [6.07, 6.45) is -4.45. The van der Waals surface area contributed by atoms with Crippen LogP contribution in [0.3, 0.4) is 0 Å². The van der Waals surface area contributed by atoms with E-state index in [2.05, 4.69) is 0 Å². The molecular formula is C11H13F4NO2. The summed E-state index contributed by atoms with van der Waals surface area (Å²) in [4.78, 5) is 0.852. The van der Waals surface area contributed by atoms with Gasteiger partial charge in [0.25, 0.3) is 0 Å². The van der Waals surface area contributed by atoms with Gasteiger partial charge in [-0.25, -0.2) is 4.39 Å². The van der Waals surface area contributed by atoms with E-state index in [1.807, 2.05) is 0 Å². The Morgan fingerprint density at radius 1 is 1.17 bits per heavy atom. The van der Waals surface area contributed by atoms with Crippen LogP contribution in [-0.2, 0) is 6.61 Å². The van der Waals surface area contributed by atoms with Crippen LogP contribution in [0.1, 0.15) is 5.56 Å². The molecule has 7 heteroatoms. The molecule has 0 fully saturated rings. The van der Waals surface area contributed by atoms with E-state index < -0.39 is 31.8 Å². The molecule has 0 bridgehead atoms. The smallest absolute Gasteiger partial charge is 0.395 e. The molecule has 1 aromatic rings. The van der Waals surface area contributed by atoms with Crippen LogP contribution in [0, 0.1) is 5.82 Å². The molecule has 0 amide bonds. The molecule has 3 nitrogen and oxygen atoms in total. The zero-order chi connectivity index (χ0) is 13.8. The molecule has 0 aromatic heterocycles. The van der Waals surface area contributed by atoms with Gasteiger partial charge in [-0.05, 0) is 18.2 Å². The summed E-state index contributed by atoms with van der Waals surface area (Å²) in [5, 5.41) is 17.8. The Morgan fingerprint density at radius 3 is 2.33 bits per heavy atom. The fourth-order valence-electron chi connectivity index (χ4n) is 1.61. The zero-order valence-corrected chi connectivity index (χ0v) is 9.41. The minimum Gasteiger partial charge on any atom is -0.395 e. The average molecular weight is 267 g/mol. The number of halogens is 4. The molecule has 2 N–H and O–H groups in total. The lowest BCUT2D eigenvalue weighted by Crippen LogP contribution is -2.36. The van der Waals surface area contributed by atoms with Gasteiger partial charge in [0.2, 0.25) is 0 Å². The molecule has 0 aliphatic heterocycles. The van der Waals surface area contributed by atoms with Crippen molar-refractivity contribution in [2.45, 2.75) is 12.8 Å². The molecule has 1 aromatic carbocycles.